The molecule has 1 aliphatic rings. The number of alkyl halides is 3. The minimum absolute atomic E-state index is 0.0445. The maximum absolute atomic E-state index is 12.6. The number of rotatable bonds is 7. The number of aryl methyl sites for hydroxylation is 1. The number of nitrogens with zero attached hydrogens (tertiary/aromatic N) is 1. The summed E-state index contributed by atoms with van der Waals surface area (Å²) in [6, 6.07) is 13.8. The number of benzene rings is 2. The average molecular weight is 448 g/mol. The van der Waals surface area contributed by atoms with Gasteiger partial charge < -0.3 is 5.32 Å². The molecule has 0 unspecified atom stereocenters. The first kappa shape index (κ1) is 22.6. The highest BCUT2D eigenvalue weighted by molar-refractivity contribution is 8.18. The number of amides is 3. The molecule has 0 saturated carbocycles. The lowest BCUT2D eigenvalue weighted by Crippen LogP contribution is -2.37. The summed E-state index contributed by atoms with van der Waals surface area (Å²) in [6.45, 7) is 0.144. The summed E-state index contributed by atoms with van der Waals surface area (Å²) in [6.07, 6.45) is -2.38. The molecule has 162 valence electrons. The Morgan fingerprint density at radius 2 is 1.71 bits per heavy atom. The molecular formula is C22H19F3N2O3S. The second-order valence-corrected chi connectivity index (χ2v) is 7.78. The average Bonchev–Trinajstić information content (AvgIpc) is 3.00. The van der Waals surface area contributed by atoms with Gasteiger partial charge in [0.1, 0.15) is 0 Å². The summed E-state index contributed by atoms with van der Waals surface area (Å²) in [5.41, 5.74) is 0.684. The first-order chi connectivity index (χ1) is 14.7. The highest BCUT2D eigenvalue weighted by Gasteiger charge is 2.34. The Hall–Kier alpha value is -3.07. The Kier molecular flexibility index (Phi) is 7.17. The van der Waals surface area contributed by atoms with Crippen LogP contribution in [0.2, 0.25) is 0 Å². The van der Waals surface area contributed by atoms with Gasteiger partial charge in [-0.3, -0.25) is 19.3 Å². The molecule has 0 bridgehead atoms. The molecule has 9 heteroatoms. The van der Waals surface area contributed by atoms with Crippen molar-refractivity contribution in [2.45, 2.75) is 19.0 Å². The van der Waals surface area contributed by atoms with E-state index in [1.54, 1.807) is 6.08 Å². The van der Waals surface area contributed by atoms with Crippen LogP contribution in [0.25, 0.3) is 6.08 Å². The van der Waals surface area contributed by atoms with Gasteiger partial charge in [0.25, 0.3) is 11.1 Å². The van der Waals surface area contributed by atoms with E-state index in [1.807, 2.05) is 30.3 Å². The van der Waals surface area contributed by atoms with Crippen LogP contribution in [0.3, 0.4) is 0 Å². The number of carbonyl (C=O) groups excluding carboxylic acids is 3. The van der Waals surface area contributed by atoms with Crippen LogP contribution >= 0.6 is 11.8 Å². The molecule has 1 saturated heterocycles. The monoisotopic (exact) mass is 448 g/mol. The molecule has 0 atom stereocenters. The Labute approximate surface area is 181 Å². The van der Waals surface area contributed by atoms with Crippen molar-refractivity contribution in [3.63, 3.8) is 0 Å². The number of hydrogen-bond acceptors (Lipinski definition) is 4. The highest BCUT2D eigenvalue weighted by atomic mass is 32.2. The number of halogens is 3. The normalized spacial score (nSPS) is 15.6. The first-order valence-corrected chi connectivity index (χ1v) is 10.3. The van der Waals surface area contributed by atoms with E-state index in [0.717, 1.165) is 34.4 Å². The van der Waals surface area contributed by atoms with Crippen LogP contribution in [0.4, 0.5) is 18.0 Å². The highest BCUT2D eigenvalue weighted by Crippen LogP contribution is 2.32. The second-order valence-electron chi connectivity index (χ2n) is 6.79. The minimum atomic E-state index is -4.39. The van der Waals surface area contributed by atoms with Crippen LogP contribution in [-0.2, 0) is 22.2 Å². The van der Waals surface area contributed by atoms with E-state index in [-0.39, 0.29) is 31.8 Å². The fourth-order valence-corrected chi connectivity index (χ4v) is 3.77. The molecule has 1 fully saturated rings. The number of nitrogens with one attached hydrogen (secondary N) is 1. The number of hydrogen-bond donors (Lipinski definition) is 1. The molecular weight excluding hydrogens is 429 g/mol. The van der Waals surface area contributed by atoms with Gasteiger partial charge in [0, 0.05) is 19.5 Å². The molecule has 0 aliphatic carbocycles. The predicted octanol–water partition coefficient (Wildman–Crippen LogP) is 4.49. The van der Waals surface area contributed by atoms with E-state index in [0.29, 0.717) is 10.5 Å². The molecule has 2 aromatic rings. The molecule has 31 heavy (non-hydrogen) atoms. The largest absolute Gasteiger partial charge is 0.416 e. The lowest BCUT2D eigenvalue weighted by molar-refractivity contribution is -0.137. The van der Waals surface area contributed by atoms with Crippen molar-refractivity contribution in [1.82, 2.24) is 10.2 Å². The lowest BCUT2D eigenvalue weighted by Gasteiger charge is -2.13. The van der Waals surface area contributed by atoms with E-state index in [2.05, 4.69) is 5.32 Å². The molecule has 2 aromatic carbocycles. The van der Waals surface area contributed by atoms with Gasteiger partial charge in [-0.25, -0.2) is 0 Å². The second kappa shape index (κ2) is 9.82. The Morgan fingerprint density at radius 1 is 1.03 bits per heavy atom. The lowest BCUT2D eigenvalue weighted by atomic mass is 10.1. The Bertz CT molecular complexity index is 989. The topological polar surface area (TPSA) is 66.5 Å². The fourth-order valence-electron chi connectivity index (χ4n) is 2.91. The van der Waals surface area contributed by atoms with Crippen molar-refractivity contribution >= 4 is 34.9 Å². The van der Waals surface area contributed by atoms with Crippen LogP contribution in [0, 0.1) is 0 Å². The Morgan fingerprint density at radius 3 is 2.35 bits per heavy atom. The summed E-state index contributed by atoms with van der Waals surface area (Å²) in [5.74, 6) is -0.718. The standard InChI is InChI=1S/C22H19F3N2O3S/c23-22(24,25)17-9-6-15(7-10-17)8-11-19(28)26-12-13-27-20(29)18(31-21(27)30)14-16-4-2-1-3-5-16/h1-7,9-10,14H,8,11-13H2,(H,26,28). The van der Waals surface area contributed by atoms with Gasteiger partial charge in [-0.15, -0.1) is 0 Å². The molecule has 0 spiro atoms. The summed E-state index contributed by atoms with van der Waals surface area (Å²) in [7, 11) is 0. The smallest absolute Gasteiger partial charge is 0.354 e. The fraction of sp³-hybridized carbons (Fsp3) is 0.227. The predicted molar refractivity (Wildman–Crippen MR) is 112 cm³/mol. The molecule has 1 heterocycles. The SMILES string of the molecule is O=C(CCc1ccc(C(F)(F)F)cc1)NCCN1C(=O)SC(=Cc2ccccc2)C1=O. The third kappa shape index (κ3) is 6.21. The summed E-state index contributed by atoms with van der Waals surface area (Å²) >= 11 is 0.852. The molecule has 5 nitrogen and oxygen atoms in total. The summed E-state index contributed by atoms with van der Waals surface area (Å²) < 4.78 is 37.7. The minimum Gasteiger partial charge on any atom is -0.354 e. The van der Waals surface area contributed by atoms with Crippen molar-refractivity contribution in [3.8, 4) is 0 Å². The zero-order chi connectivity index (χ0) is 22.4. The molecule has 3 amide bonds. The van der Waals surface area contributed by atoms with Gasteiger partial charge in [0.2, 0.25) is 5.91 Å². The van der Waals surface area contributed by atoms with Crippen molar-refractivity contribution in [2.75, 3.05) is 13.1 Å². The Balaban J connectivity index is 1.44. The molecule has 1 N–H and O–H groups in total. The van der Waals surface area contributed by atoms with Gasteiger partial charge in [-0.05, 0) is 47.5 Å². The van der Waals surface area contributed by atoms with Gasteiger partial charge in [-0.2, -0.15) is 13.2 Å². The summed E-state index contributed by atoms with van der Waals surface area (Å²) in [4.78, 5) is 37.9. The molecule has 1 aliphatic heterocycles. The van der Waals surface area contributed by atoms with Crippen LogP contribution in [0.1, 0.15) is 23.1 Å². The van der Waals surface area contributed by atoms with Gasteiger partial charge in [0.15, 0.2) is 0 Å². The van der Waals surface area contributed by atoms with Crippen LogP contribution in [-0.4, -0.2) is 35.0 Å². The number of imide groups is 1. The van der Waals surface area contributed by atoms with Gasteiger partial charge in [-0.1, -0.05) is 42.5 Å². The van der Waals surface area contributed by atoms with Crippen molar-refractivity contribution < 1.29 is 27.6 Å². The molecule has 0 aromatic heterocycles. The van der Waals surface area contributed by atoms with Crippen LogP contribution in [0.15, 0.2) is 59.5 Å². The van der Waals surface area contributed by atoms with Crippen LogP contribution in [0.5, 0.6) is 0 Å². The zero-order valence-corrected chi connectivity index (χ0v) is 17.1. The maximum Gasteiger partial charge on any atom is 0.416 e. The van der Waals surface area contributed by atoms with E-state index in [9.17, 15) is 27.6 Å². The molecule has 0 radical (unpaired) electrons. The van der Waals surface area contributed by atoms with E-state index < -0.39 is 22.9 Å². The molecule has 3 rings (SSSR count). The van der Waals surface area contributed by atoms with Crippen molar-refractivity contribution in [3.05, 3.63) is 76.2 Å². The van der Waals surface area contributed by atoms with Gasteiger partial charge >= 0.3 is 6.18 Å². The first-order valence-electron chi connectivity index (χ1n) is 9.47. The number of carbonyl (C=O) groups is 3. The van der Waals surface area contributed by atoms with Crippen LogP contribution < -0.4 is 5.32 Å². The van der Waals surface area contributed by atoms with E-state index in [1.165, 1.54) is 12.1 Å². The third-order valence-electron chi connectivity index (χ3n) is 4.55. The van der Waals surface area contributed by atoms with Gasteiger partial charge in [0.05, 0.1) is 10.5 Å². The van der Waals surface area contributed by atoms with E-state index in [4.69, 9.17) is 0 Å². The zero-order valence-electron chi connectivity index (χ0n) is 16.3. The van der Waals surface area contributed by atoms with Crippen molar-refractivity contribution in [1.29, 1.82) is 0 Å². The number of thioether (sulfide) groups is 1. The quantitative estimate of drug-likeness (QED) is 0.634. The third-order valence-corrected chi connectivity index (χ3v) is 5.46. The maximum atomic E-state index is 12.6. The summed E-state index contributed by atoms with van der Waals surface area (Å²) in [5, 5.41) is 2.23. The van der Waals surface area contributed by atoms with Crippen molar-refractivity contribution in [2.24, 2.45) is 0 Å². The van der Waals surface area contributed by atoms with E-state index >= 15 is 0 Å².